The standard InChI is InChI=1S/C17H19N5OS/c1-11(23)19-14-9-18-21-16(14)12-5-4-8-22(10-12)17-20-13-6-2-3-7-15(13)24-17/h2-3,6-7,9,12H,4-5,8,10H2,1H3,(H,18,21)(H,19,23)/t12-/m0/s1. The first-order valence-electron chi connectivity index (χ1n) is 8.12. The minimum Gasteiger partial charge on any atom is -0.347 e. The zero-order valence-electron chi connectivity index (χ0n) is 13.5. The fourth-order valence-corrected chi connectivity index (χ4v) is 4.28. The van der Waals surface area contributed by atoms with E-state index in [0.717, 1.165) is 48.0 Å². The lowest BCUT2D eigenvalue weighted by atomic mass is 9.94. The van der Waals surface area contributed by atoms with Gasteiger partial charge < -0.3 is 10.2 Å². The number of thiazole rings is 1. The smallest absolute Gasteiger partial charge is 0.221 e. The fourth-order valence-electron chi connectivity index (χ4n) is 3.28. The lowest BCUT2D eigenvalue weighted by molar-refractivity contribution is -0.114. The molecular weight excluding hydrogens is 322 g/mol. The average molecular weight is 341 g/mol. The van der Waals surface area contributed by atoms with Gasteiger partial charge in [-0.05, 0) is 25.0 Å². The normalized spacial score (nSPS) is 18.0. The number of aromatic nitrogens is 3. The summed E-state index contributed by atoms with van der Waals surface area (Å²) in [6, 6.07) is 8.24. The monoisotopic (exact) mass is 341 g/mol. The molecule has 1 fully saturated rings. The molecule has 2 N–H and O–H groups in total. The SMILES string of the molecule is CC(=O)Nc1cn[nH]c1[C@H]1CCCN(c2nc3ccccc3s2)C1. The quantitative estimate of drug-likeness (QED) is 0.766. The van der Waals surface area contributed by atoms with Gasteiger partial charge in [-0.2, -0.15) is 5.10 Å². The molecule has 3 aromatic rings. The molecule has 1 amide bonds. The van der Waals surface area contributed by atoms with Gasteiger partial charge in [-0.3, -0.25) is 9.89 Å². The van der Waals surface area contributed by atoms with E-state index in [4.69, 9.17) is 4.98 Å². The van der Waals surface area contributed by atoms with Crippen molar-refractivity contribution >= 4 is 38.3 Å². The molecule has 0 saturated carbocycles. The van der Waals surface area contributed by atoms with Crippen LogP contribution in [-0.4, -0.2) is 34.2 Å². The second-order valence-electron chi connectivity index (χ2n) is 6.13. The molecule has 3 heterocycles. The number of carbonyl (C=O) groups excluding carboxylic acids is 1. The number of para-hydroxylation sites is 1. The van der Waals surface area contributed by atoms with Crippen LogP contribution in [0.2, 0.25) is 0 Å². The van der Waals surface area contributed by atoms with Crippen LogP contribution in [0.3, 0.4) is 0 Å². The van der Waals surface area contributed by atoms with Crippen LogP contribution in [0.25, 0.3) is 10.2 Å². The molecule has 0 unspecified atom stereocenters. The highest BCUT2D eigenvalue weighted by Crippen LogP contribution is 2.35. The minimum absolute atomic E-state index is 0.0727. The molecule has 1 saturated heterocycles. The Bertz CT molecular complexity index is 838. The molecule has 4 rings (SSSR count). The minimum atomic E-state index is -0.0727. The highest BCUT2D eigenvalue weighted by Gasteiger charge is 2.26. The molecule has 0 radical (unpaired) electrons. The molecule has 6 nitrogen and oxygen atoms in total. The number of aromatic amines is 1. The highest BCUT2D eigenvalue weighted by molar-refractivity contribution is 7.22. The van der Waals surface area contributed by atoms with E-state index in [1.807, 2.05) is 12.1 Å². The number of anilines is 2. The summed E-state index contributed by atoms with van der Waals surface area (Å²) >= 11 is 1.74. The first kappa shape index (κ1) is 15.1. The Kier molecular flexibility index (Phi) is 3.93. The third-order valence-corrected chi connectivity index (χ3v) is 5.46. The molecule has 2 aromatic heterocycles. The molecular formula is C17H19N5OS. The third-order valence-electron chi connectivity index (χ3n) is 4.36. The van der Waals surface area contributed by atoms with Crippen LogP contribution in [-0.2, 0) is 4.79 Å². The van der Waals surface area contributed by atoms with Crippen molar-refractivity contribution in [2.75, 3.05) is 23.3 Å². The number of H-pyrrole nitrogens is 1. The van der Waals surface area contributed by atoms with Crippen molar-refractivity contribution in [3.63, 3.8) is 0 Å². The Balaban J connectivity index is 1.57. The number of benzene rings is 1. The maximum Gasteiger partial charge on any atom is 0.221 e. The maximum absolute atomic E-state index is 11.4. The lowest BCUT2D eigenvalue weighted by Crippen LogP contribution is -2.34. The Hall–Kier alpha value is -2.41. The van der Waals surface area contributed by atoms with Gasteiger partial charge in [-0.25, -0.2) is 4.98 Å². The van der Waals surface area contributed by atoms with E-state index in [-0.39, 0.29) is 5.91 Å². The van der Waals surface area contributed by atoms with Crippen LogP contribution in [0.15, 0.2) is 30.5 Å². The van der Waals surface area contributed by atoms with Gasteiger partial charge in [0.1, 0.15) is 0 Å². The zero-order chi connectivity index (χ0) is 16.5. The van der Waals surface area contributed by atoms with Crippen LogP contribution in [0, 0.1) is 0 Å². The van der Waals surface area contributed by atoms with Crippen LogP contribution in [0.1, 0.15) is 31.4 Å². The zero-order valence-corrected chi connectivity index (χ0v) is 14.3. The molecule has 24 heavy (non-hydrogen) atoms. The number of rotatable bonds is 3. The van der Waals surface area contributed by atoms with E-state index in [0.29, 0.717) is 5.92 Å². The van der Waals surface area contributed by atoms with Crippen molar-refractivity contribution < 1.29 is 4.79 Å². The molecule has 1 aromatic carbocycles. The second kappa shape index (κ2) is 6.24. The molecule has 1 aliphatic heterocycles. The lowest BCUT2D eigenvalue weighted by Gasteiger charge is -2.32. The summed E-state index contributed by atoms with van der Waals surface area (Å²) in [5.41, 5.74) is 2.86. The number of hydrogen-bond acceptors (Lipinski definition) is 5. The van der Waals surface area contributed by atoms with Crippen LogP contribution in [0.5, 0.6) is 0 Å². The van der Waals surface area contributed by atoms with E-state index in [1.165, 1.54) is 11.6 Å². The predicted octanol–water partition coefficient (Wildman–Crippen LogP) is 3.36. The van der Waals surface area contributed by atoms with Crippen LogP contribution >= 0.6 is 11.3 Å². The maximum atomic E-state index is 11.4. The molecule has 124 valence electrons. The first-order chi connectivity index (χ1) is 11.7. The first-order valence-corrected chi connectivity index (χ1v) is 8.94. The number of nitrogens with one attached hydrogen (secondary N) is 2. The van der Waals surface area contributed by atoms with Gasteiger partial charge in [0.15, 0.2) is 5.13 Å². The van der Waals surface area contributed by atoms with Gasteiger partial charge in [0.25, 0.3) is 0 Å². The summed E-state index contributed by atoms with van der Waals surface area (Å²) in [5, 5.41) is 11.1. The Morgan fingerprint density at radius 2 is 2.29 bits per heavy atom. The van der Waals surface area contributed by atoms with Gasteiger partial charge in [0.05, 0.1) is 27.8 Å². The summed E-state index contributed by atoms with van der Waals surface area (Å²) in [6.45, 7) is 3.42. The number of nitrogens with zero attached hydrogens (tertiary/aromatic N) is 3. The molecule has 1 atom stereocenters. The van der Waals surface area contributed by atoms with Crippen molar-refractivity contribution in [3.05, 3.63) is 36.2 Å². The van der Waals surface area contributed by atoms with E-state index < -0.39 is 0 Å². The summed E-state index contributed by atoms with van der Waals surface area (Å²) in [5.74, 6) is 0.242. The molecule has 0 spiro atoms. The number of carbonyl (C=O) groups is 1. The van der Waals surface area contributed by atoms with Crippen molar-refractivity contribution in [2.45, 2.75) is 25.7 Å². The Morgan fingerprint density at radius 3 is 3.12 bits per heavy atom. The van der Waals surface area contributed by atoms with Gasteiger partial charge in [-0.1, -0.05) is 23.5 Å². The van der Waals surface area contributed by atoms with E-state index in [1.54, 1.807) is 17.5 Å². The van der Waals surface area contributed by atoms with Crippen LogP contribution in [0.4, 0.5) is 10.8 Å². The number of amides is 1. The molecule has 7 heteroatoms. The highest BCUT2D eigenvalue weighted by atomic mass is 32.1. The Labute approximate surface area is 143 Å². The third kappa shape index (κ3) is 2.87. The largest absolute Gasteiger partial charge is 0.347 e. The van der Waals surface area contributed by atoms with Crippen molar-refractivity contribution in [1.29, 1.82) is 0 Å². The van der Waals surface area contributed by atoms with E-state index >= 15 is 0 Å². The second-order valence-corrected chi connectivity index (χ2v) is 7.14. The average Bonchev–Trinajstić information content (AvgIpc) is 3.21. The summed E-state index contributed by atoms with van der Waals surface area (Å²) in [4.78, 5) is 18.5. The van der Waals surface area contributed by atoms with Gasteiger partial charge in [0.2, 0.25) is 5.91 Å². The number of fused-ring (bicyclic) bond motifs is 1. The van der Waals surface area contributed by atoms with E-state index in [9.17, 15) is 4.79 Å². The number of piperidine rings is 1. The van der Waals surface area contributed by atoms with Crippen molar-refractivity contribution in [1.82, 2.24) is 15.2 Å². The Morgan fingerprint density at radius 1 is 1.42 bits per heavy atom. The molecule has 1 aliphatic rings. The molecule has 0 bridgehead atoms. The van der Waals surface area contributed by atoms with Crippen LogP contribution < -0.4 is 10.2 Å². The van der Waals surface area contributed by atoms with Crippen molar-refractivity contribution in [3.8, 4) is 0 Å². The van der Waals surface area contributed by atoms with Gasteiger partial charge >= 0.3 is 0 Å². The predicted molar refractivity (Wildman–Crippen MR) is 96.7 cm³/mol. The van der Waals surface area contributed by atoms with Crippen molar-refractivity contribution in [2.24, 2.45) is 0 Å². The fraction of sp³-hybridized carbons (Fsp3) is 0.353. The van der Waals surface area contributed by atoms with Gasteiger partial charge in [0, 0.05) is 25.9 Å². The topological polar surface area (TPSA) is 73.9 Å². The summed E-state index contributed by atoms with van der Waals surface area (Å²) in [6.07, 6.45) is 3.86. The van der Waals surface area contributed by atoms with Gasteiger partial charge in [-0.15, -0.1) is 0 Å². The summed E-state index contributed by atoms with van der Waals surface area (Å²) in [7, 11) is 0. The molecule has 0 aliphatic carbocycles. The number of hydrogen-bond donors (Lipinski definition) is 2. The summed E-state index contributed by atoms with van der Waals surface area (Å²) < 4.78 is 1.22. The van der Waals surface area contributed by atoms with E-state index in [2.05, 4.69) is 32.5 Å².